The molecule has 0 aromatic carbocycles. The van der Waals surface area contributed by atoms with Crippen LogP contribution >= 0.6 is 0 Å². The van der Waals surface area contributed by atoms with Gasteiger partial charge in [0.05, 0.1) is 18.3 Å². The van der Waals surface area contributed by atoms with E-state index in [4.69, 9.17) is 32.8 Å². The molecule has 0 radical (unpaired) electrons. The van der Waals surface area contributed by atoms with E-state index in [9.17, 15) is 14.4 Å². The second-order valence-corrected chi connectivity index (χ2v) is 18.6. The van der Waals surface area contributed by atoms with Crippen molar-refractivity contribution in [1.29, 1.82) is 0 Å². The summed E-state index contributed by atoms with van der Waals surface area (Å²) in [5.74, 6) is -0.350. The molecule has 4 fully saturated rings. The maximum Gasteiger partial charge on any atom is 0.338 e. The van der Waals surface area contributed by atoms with Crippen LogP contribution in [0.1, 0.15) is 175 Å². The number of hydrogen-bond acceptors (Lipinski definition) is 11. The summed E-state index contributed by atoms with van der Waals surface area (Å²) >= 11 is 0. The first-order chi connectivity index (χ1) is 29.4. The Kier molecular flexibility index (Phi) is 20.1. The number of carbonyl (C=O) groups is 3. The molecule has 1 aromatic rings. The van der Waals surface area contributed by atoms with Gasteiger partial charge >= 0.3 is 17.9 Å². The third-order valence-electron chi connectivity index (χ3n) is 13.2. The highest BCUT2D eigenvalue weighted by Gasteiger charge is 2.52. The van der Waals surface area contributed by atoms with E-state index < -0.39 is 30.4 Å². The molecule has 61 heavy (non-hydrogen) atoms. The van der Waals surface area contributed by atoms with Crippen LogP contribution in [0.25, 0.3) is 6.08 Å². The van der Waals surface area contributed by atoms with Crippen LogP contribution in [0.5, 0.6) is 0 Å². The number of allylic oxidation sites excluding steroid dienone is 4. The van der Waals surface area contributed by atoms with Crippen molar-refractivity contribution in [2.45, 2.75) is 219 Å². The molecule has 11 heteroatoms. The van der Waals surface area contributed by atoms with E-state index in [0.717, 1.165) is 55.4 Å². The minimum Gasteiger partial charge on any atom is -0.462 e. The molecule has 342 valence electrons. The lowest BCUT2D eigenvalue weighted by Crippen LogP contribution is -2.41. The quantitative estimate of drug-likeness (QED) is 0.0362. The molecule has 11 unspecified atom stereocenters. The molecular weight excluding hydrogens is 775 g/mol. The normalized spacial score (nSPS) is 29.6. The number of oxazole rings is 1. The van der Waals surface area contributed by atoms with Gasteiger partial charge in [0, 0.05) is 39.2 Å². The second-order valence-electron chi connectivity index (χ2n) is 18.6. The van der Waals surface area contributed by atoms with Crippen LogP contribution < -0.4 is 0 Å². The first-order valence-corrected chi connectivity index (χ1v) is 23.8. The molecule has 0 amide bonds. The molecule has 0 aliphatic carbocycles. The maximum atomic E-state index is 13.8. The van der Waals surface area contributed by atoms with E-state index in [1.54, 1.807) is 13.4 Å². The summed E-state index contributed by atoms with van der Waals surface area (Å²) in [6.07, 6.45) is 26.1. The van der Waals surface area contributed by atoms with Gasteiger partial charge in [-0.15, -0.1) is 0 Å². The predicted molar refractivity (Wildman–Crippen MR) is 235 cm³/mol. The van der Waals surface area contributed by atoms with E-state index in [0.29, 0.717) is 25.2 Å². The van der Waals surface area contributed by atoms with Gasteiger partial charge in [0.25, 0.3) is 0 Å². The predicted octanol–water partition coefficient (Wildman–Crippen LogP) is 10.9. The van der Waals surface area contributed by atoms with Crippen molar-refractivity contribution >= 4 is 24.0 Å². The van der Waals surface area contributed by atoms with Crippen LogP contribution in [0.3, 0.4) is 0 Å². The fourth-order valence-electron chi connectivity index (χ4n) is 9.39. The van der Waals surface area contributed by atoms with Crippen molar-refractivity contribution in [3.8, 4) is 0 Å². The molecule has 4 saturated heterocycles. The minimum absolute atomic E-state index is 0.0833. The number of fused-ring (bicyclic) bond motifs is 4. The van der Waals surface area contributed by atoms with Crippen molar-refractivity contribution < 1.29 is 47.2 Å². The van der Waals surface area contributed by atoms with Crippen molar-refractivity contribution in [1.82, 2.24) is 4.98 Å². The molecule has 11 atom stereocenters. The van der Waals surface area contributed by atoms with Gasteiger partial charge in [0.15, 0.2) is 12.0 Å². The van der Waals surface area contributed by atoms with E-state index >= 15 is 0 Å². The van der Waals surface area contributed by atoms with Crippen LogP contribution in [-0.2, 0) is 42.8 Å². The highest BCUT2D eigenvalue weighted by atomic mass is 16.6. The van der Waals surface area contributed by atoms with Gasteiger partial charge in [-0.3, -0.25) is 9.59 Å². The number of esters is 3. The summed E-state index contributed by atoms with van der Waals surface area (Å²) in [4.78, 5) is 44.4. The molecular formula is C50H77NO10. The molecule has 11 nitrogen and oxygen atoms in total. The van der Waals surface area contributed by atoms with Crippen molar-refractivity contribution in [2.24, 2.45) is 17.8 Å². The Bertz CT molecular complexity index is 1610. The monoisotopic (exact) mass is 852 g/mol. The van der Waals surface area contributed by atoms with Crippen molar-refractivity contribution in [2.75, 3.05) is 7.11 Å². The van der Waals surface area contributed by atoms with Crippen LogP contribution in [0.4, 0.5) is 0 Å². The van der Waals surface area contributed by atoms with Gasteiger partial charge in [0.2, 0.25) is 0 Å². The second kappa shape index (κ2) is 25.1. The van der Waals surface area contributed by atoms with E-state index in [2.05, 4.69) is 18.8 Å². The third kappa shape index (κ3) is 16.4. The average Bonchev–Trinajstić information content (AvgIpc) is 4.14. The lowest BCUT2D eigenvalue weighted by atomic mass is 9.84. The fraction of sp³-hybridized carbons (Fsp3) is 0.760. The number of cyclic esters (lactones) is 1. The number of epoxide rings is 2. The lowest BCUT2D eigenvalue weighted by Gasteiger charge is -2.33. The van der Waals surface area contributed by atoms with Crippen LogP contribution in [0, 0.1) is 24.7 Å². The summed E-state index contributed by atoms with van der Waals surface area (Å²) < 4.78 is 42.1. The Morgan fingerprint density at radius 1 is 0.885 bits per heavy atom. The standard InChI is InChI=1S/C50H77NO10/c1-8-9-10-11-12-13-14-15-16-17-18-19-20-24-45(52)58-44-31-42(36(5)47(55-7)35(4)23-21-22-33(2)27-39-32-56-37(6)51-39)61-50(54)49-43(60-49)29-38-28-41(57-46(53)30-38)34(3)25-26-40-48(44)59-40/h21-23,27,32,34,36,38,40-44,47-49H,8-20,24-26,28-31H2,1-7H3. The van der Waals surface area contributed by atoms with Gasteiger partial charge in [-0.25, -0.2) is 9.78 Å². The minimum atomic E-state index is -0.707. The number of rotatable bonds is 22. The zero-order chi connectivity index (χ0) is 43.7. The lowest BCUT2D eigenvalue weighted by molar-refractivity contribution is -0.162. The molecule has 4 aliphatic rings. The topological polar surface area (TPSA) is 139 Å². The number of carbonyl (C=O) groups excluding carboxylic acids is 3. The van der Waals surface area contributed by atoms with Gasteiger partial charge in [-0.2, -0.15) is 0 Å². The molecule has 0 spiro atoms. The van der Waals surface area contributed by atoms with Crippen LogP contribution in [0.15, 0.2) is 40.1 Å². The number of hydrogen-bond donors (Lipinski definition) is 0. The Hall–Kier alpha value is -3.28. The van der Waals surface area contributed by atoms with Crippen molar-refractivity contribution in [3.05, 3.63) is 47.2 Å². The van der Waals surface area contributed by atoms with E-state index in [1.165, 1.54) is 64.2 Å². The Morgan fingerprint density at radius 3 is 2.21 bits per heavy atom. The number of aryl methyl sites for hydroxylation is 1. The highest BCUT2D eigenvalue weighted by molar-refractivity contribution is 5.78. The van der Waals surface area contributed by atoms with E-state index in [-0.39, 0.29) is 60.5 Å². The molecule has 0 saturated carbocycles. The summed E-state index contributed by atoms with van der Waals surface area (Å²) in [7, 11) is 1.66. The average molecular weight is 852 g/mol. The molecule has 4 aliphatic heterocycles. The van der Waals surface area contributed by atoms with Gasteiger partial charge in [0.1, 0.15) is 36.4 Å². The summed E-state index contributed by atoms with van der Waals surface area (Å²) in [5, 5.41) is 0. The zero-order valence-corrected chi connectivity index (χ0v) is 38.4. The number of methoxy groups -OCH3 is 1. The summed E-state index contributed by atoms with van der Waals surface area (Å²) in [5.41, 5.74) is 2.71. The van der Waals surface area contributed by atoms with Crippen LogP contribution in [0.2, 0.25) is 0 Å². The Balaban J connectivity index is 1.23. The third-order valence-corrected chi connectivity index (χ3v) is 13.2. The Labute approximate surface area is 366 Å². The summed E-state index contributed by atoms with van der Waals surface area (Å²) in [6, 6.07) is 0. The van der Waals surface area contributed by atoms with Gasteiger partial charge < -0.3 is 32.8 Å². The van der Waals surface area contributed by atoms with Crippen LogP contribution in [-0.4, -0.2) is 78.8 Å². The zero-order valence-electron chi connectivity index (χ0n) is 38.4. The first kappa shape index (κ1) is 48.7. The SMILES string of the molecule is CCCCCCCCCCCCCCCC(=O)OC1CC(C(C)C(OC)C(C)=CC=CC(C)=Cc2coc(C)n2)OC(=O)C2OC2CC2CC(=O)OC(C2)C(C)CCC2OC12. The number of ether oxygens (including phenoxy) is 6. The Morgan fingerprint density at radius 2 is 1.56 bits per heavy atom. The van der Waals surface area contributed by atoms with Gasteiger partial charge in [-0.05, 0) is 75.0 Å². The molecule has 5 rings (SSSR count). The smallest absolute Gasteiger partial charge is 0.338 e. The summed E-state index contributed by atoms with van der Waals surface area (Å²) in [6.45, 7) is 12.2. The maximum absolute atomic E-state index is 13.8. The van der Waals surface area contributed by atoms with Crippen molar-refractivity contribution in [3.63, 3.8) is 0 Å². The number of aromatic nitrogens is 1. The molecule has 1 aromatic heterocycles. The number of nitrogens with zero attached hydrogens (tertiary/aromatic N) is 1. The van der Waals surface area contributed by atoms with E-state index in [1.807, 2.05) is 52.0 Å². The first-order valence-electron chi connectivity index (χ1n) is 23.8. The molecule has 0 N–H and O–H groups in total. The van der Waals surface area contributed by atoms with Gasteiger partial charge in [-0.1, -0.05) is 116 Å². The molecule has 2 bridgehead atoms. The fourth-order valence-corrected chi connectivity index (χ4v) is 9.39. The highest BCUT2D eigenvalue weighted by Crippen LogP contribution is 2.41. The molecule has 5 heterocycles. The largest absolute Gasteiger partial charge is 0.462 e. The number of unbranched alkanes of at least 4 members (excludes halogenated alkanes) is 12.